The maximum Gasteiger partial charge on any atom is 0.428 e. The lowest BCUT2D eigenvalue weighted by Gasteiger charge is -2.46. The van der Waals surface area contributed by atoms with Crippen molar-refractivity contribution < 1.29 is 8.85 Å². The van der Waals surface area contributed by atoms with Gasteiger partial charge in [-0.15, -0.1) is 0 Å². The average Bonchev–Trinajstić information content (AvgIpc) is 2.28. The Kier molecular flexibility index (Phi) is 3.21. The molecular weight excluding hydrogens is 206 g/mol. The molecule has 0 aromatic heterocycles. The summed E-state index contributed by atoms with van der Waals surface area (Å²) in [5, 5.41) is 0. The summed E-state index contributed by atoms with van der Waals surface area (Å²) >= 11 is 0. The van der Waals surface area contributed by atoms with E-state index in [4.69, 9.17) is 8.85 Å². The van der Waals surface area contributed by atoms with Crippen LogP contribution in [0.1, 0.15) is 5.56 Å². The smallest absolute Gasteiger partial charge is 0.386 e. The van der Waals surface area contributed by atoms with Crippen LogP contribution in [0, 0.1) is 0 Å². The van der Waals surface area contributed by atoms with Crippen molar-refractivity contribution in [3.8, 4) is 0 Å². The molecule has 0 radical (unpaired) electrons. The van der Waals surface area contributed by atoms with Gasteiger partial charge in [-0.05, 0) is 12.1 Å². The van der Waals surface area contributed by atoms with Gasteiger partial charge in [-0.1, -0.05) is 30.3 Å². The predicted octanol–water partition coefficient (Wildman–Crippen LogP) is 1.73. The van der Waals surface area contributed by atoms with Gasteiger partial charge < -0.3 is 8.85 Å². The van der Waals surface area contributed by atoms with Crippen molar-refractivity contribution in [2.45, 2.75) is 12.6 Å². The Bertz CT molecular complexity index is 308. The summed E-state index contributed by atoms with van der Waals surface area (Å²) < 4.78 is 13.4. The third kappa shape index (κ3) is 1.98. The molecule has 1 aliphatic heterocycles. The molecule has 0 spiro atoms. The predicted molar refractivity (Wildman–Crippen MR) is 61.4 cm³/mol. The minimum atomic E-state index is -1.97. The molecule has 0 aliphatic carbocycles. The van der Waals surface area contributed by atoms with Crippen LogP contribution in [0.2, 0.25) is 6.04 Å². The highest BCUT2D eigenvalue weighted by Gasteiger charge is 2.51. The molecule has 15 heavy (non-hydrogen) atoms. The van der Waals surface area contributed by atoms with Crippen LogP contribution in [-0.4, -0.2) is 34.1 Å². The van der Waals surface area contributed by atoms with Gasteiger partial charge in [-0.3, -0.25) is 4.57 Å². The third-order valence-corrected chi connectivity index (χ3v) is 6.51. The first-order valence-corrected chi connectivity index (χ1v) is 7.17. The zero-order chi connectivity index (χ0) is 10.7. The molecule has 1 aromatic rings. The van der Waals surface area contributed by atoms with Gasteiger partial charge in [0.25, 0.3) is 0 Å². The molecule has 1 saturated heterocycles. The van der Waals surface area contributed by atoms with Crippen molar-refractivity contribution in [1.82, 2.24) is 4.57 Å². The summed E-state index contributed by atoms with van der Waals surface area (Å²) in [6.07, 6.45) is 0. The van der Waals surface area contributed by atoms with Crippen molar-refractivity contribution in [3.63, 3.8) is 0 Å². The van der Waals surface area contributed by atoms with Crippen LogP contribution in [0.25, 0.3) is 0 Å². The zero-order valence-electron chi connectivity index (χ0n) is 9.27. The van der Waals surface area contributed by atoms with Crippen LogP contribution < -0.4 is 0 Å². The lowest BCUT2D eigenvalue weighted by Crippen LogP contribution is -2.66. The molecule has 1 heterocycles. The fourth-order valence-electron chi connectivity index (χ4n) is 2.00. The normalized spacial score (nSPS) is 19.9. The lowest BCUT2D eigenvalue weighted by atomic mass is 10.2. The van der Waals surface area contributed by atoms with E-state index in [0.717, 1.165) is 19.1 Å². The van der Waals surface area contributed by atoms with Crippen molar-refractivity contribution >= 4 is 8.72 Å². The molecule has 1 aliphatic rings. The number of hydrogen-bond acceptors (Lipinski definition) is 3. The maximum atomic E-state index is 5.55. The summed E-state index contributed by atoms with van der Waals surface area (Å²) in [6.45, 7) is 2.03. The molecule has 1 aromatic carbocycles. The van der Waals surface area contributed by atoms with Crippen molar-refractivity contribution in [3.05, 3.63) is 35.9 Å². The highest BCUT2D eigenvalue weighted by molar-refractivity contribution is 6.67. The van der Waals surface area contributed by atoms with Gasteiger partial charge in [0, 0.05) is 26.8 Å². The van der Waals surface area contributed by atoms with E-state index in [9.17, 15) is 0 Å². The van der Waals surface area contributed by atoms with Crippen molar-refractivity contribution in [2.75, 3.05) is 20.8 Å². The monoisotopic (exact) mass is 223 g/mol. The second kappa shape index (κ2) is 4.45. The molecule has 2 rings (SSSR count). The Morgan fingerprint density at radius 2 is 1.87 bits per heavy atom. The number of benzene rings is 1. The van der Waals surface area contributed by atoms with E-state index in [1.807, 2.05) is 6.07 Å². The van der Waals surface area contributed by atoms with Crippen LogP contribution in [0.15, 0.2) is 30.3 Å². The molecule has 0 bridgehead atoms. The summed E-state index contributed by atoms with van der Waals surface area (Å²) in [7, 11) is 1.54. The van der Waals surface area contributed by atoms with Gasteiger partial charge in [-0.2, -0.15) is 0 Å². The summed E-state index contributed by atoms with van der Waals surface area (Å²) in [5.41, 5.74) is 1.32. The van der Waals surface area contributed by atoms with E-state index in [1.54, 1.807) is 14.2 Å². The fourth-order valence-corrected chi connectivity index (χ4v) is 4.42. The van der Waals surface area contributed by atoms with Crippen LogP contribution >= 0.6 is 0 Å². The number of hydrogen-bond donors (Lipinski definition) is 0. The Morgan fingerprint density at radius 1 is 1.20 bits per heavy atom. The molecule has 0 unspecified atom stereocenters. The van der Waals surface area contributed by atoms with E-state index in [-0.39, 0.29) is 0 Å². The molecule has 1 fully saturated rings. The first-order valence-electron chi connectivity index (χ1n) is 5.20. The van der Waals surface area contributed by atoms with E-state index in [2.05, 4.69) is 28.8 Å². The first kappa shape index (κ1) is 10.8. The third-order valence-electron chi connectivity index (χ3n) is 3.03. The van der Waals surface area contributed by atoms with Crippen molar-refractivity contribution in [2.24, 2.45) is 0 Å². The van der Waals surface area contributed by atoms with E-state index >= 15 is 0 Å². The van der Waals surface area contributed by atoms with Crippen LogP contribution in [0.3, 0.4) is 0 Å². The van der Waals surface area contributed by atoms with Gasteiger partial charge in [-0.25, -0.2) is 0 Å². The number of rotatable bonds is 4. The summed E-state index contributed by atoms with van der Waals surface area (Å²) in [6, 6.07) is 11.5. The standard InChI is InChI=1S/C11H17NO2Si/c1-13-15(14-2)9-8-12(15)10-11-6-4-3-5-7-11/h3-7H,8-10H2,1-2H3. The quantitative estimate of drug-likeness (QED) is 0.726. The SMILES string of the molecule is CO[Si]1(OC)CCN1Cc1ccccc1. The summed E-state index contributed by atoms with van der Waals surface area (Å²) in [5.74, 6) is 0. The average molecular weight is 223 g/mol. The molecule has 82 valence electrons. The second-order valence-corrected chi connectivity index (χ2v) is 7.15. The van der Waals surface area contributed by atoms with E-state index < -0.39 is 8.72 Å². The minimum Gasteiger partial charge on any atom is -0.386 e. The maximum absolute atomic E-state index is 5.55. The zero-order valence-corrected chi connectivity index (χ0v) is 10.3. The van der Waals surface area contributed by atoms with Crippen LogP contribution in [0.5, 0.6) is 0 Å². The highest BCUT2D eigenvalue weighted by Crippen LogP contribution is 2.29. The van der Waals surface area contributed by atoms with Gasteiger partial charge in [0.2, 0.25) is 0 Å². The Morgan fingerprint density at radius 3 is 2.33 bits per heavy atom. The molecule has 0 atom stereocenters. The van der Waals surface area contributed by atoms with Crippen molar-refractivity contribution in [1.29, 1.82) is 0 Å². The largest absolute Gasteiger partial charge is 0.428 e. The molecule has 4 heteroatoms. The molecule has 0 N–H and O–H groups in total. The molecule has 0 saturated carbocycles. The summed E-state index contributed by atoms with van der Waals surface area (Å²) in [4.78, 5) is 0. The molecular formula is C11H17NO2Si. The molecule has 0 amide bonds. The topological polar surface area (TPSA) is 21.7 Å². The Labute approximate surface area is 91.9 Å². The van der Waals surface area contributed by atoms with E-state index in [1.165, 1.54) is 5.56 Å². The highest BCUT2D eigenvalue weighted by atomic mass is 28.4. The molecule has 3 nitrogen and oxygen atoms in total. The van der Waals surface area contributed by atoms with Crippen LogP contribution in [-0.2, 0) is 15.4 Å². The van der Waals surface area contributed by atoms with Gasteiger partial charge in [0.15, 0.2) is 0 Å². The van der Waals surface area contributed by atoms with E-state index in [0.29, 0.717) is 0 Å². The van der Waals surface area contributed by atoms with Gasteiger partial charge >= 0.3 is 8.72 Å². The van der Waals surface area contributed by atoms with Gasteiger partial charge in [0.05, 0.1) is 0 Å². The number of nitrogens with zero attached hydrogens (tertiary/aromatic N) is 1. The minimum absolute atomic E-state index is 0.939. The Balaban J connectivity index is 2.02. The first-order chi connectivity index (χ1) is 7.30. The lowest BCUT2D eigenvalue weighted by molar-refractivity contribution is 0.121. The van der Waals surface area contributed by atoms with Crippen LogP contribution in [0.4, 0.5) is 0 Å². The second-order valence-electron chi connectivity index (χ2n) is 3.78. The van der Waals surface area contributed by atoms with Gasteiger partial charge in [0.1, 0.15) is 0 Å². The fraction of sp³-hybridized carbons (Fsp3) is 0.455. The Hall–Kier alpha value is -0.683.